The maximum atomic E-state index is 5.41. The zero-order valence-corrected chi connectivity index (χ0v) is 11.6. The molecule has 1 aliphatic rings. The number of benzene rings is 1. The number of ether oxygens (including phenoxy) is 2. The smallest absolute Gasteiger partial charge is 0.163 e. The van der Waals surface area contributed by atoms with E-state index in [4.69, 9.17) is 9.47 Å². The van der Waals surface area contributed by atoms with E-state index in [-0.39, 0.29) is 0 Å². The lowest BCUT2D eigenvalue weighted by atomic mass is 9.90. The molecule has 2 rings (SSSR count). The highest BCUT2D eigenvalue weighted by atomic mass is 16.5. The van der Waals surface area contributed by atoms with Crippen molar-refractivity contribution in [1.29, 1.82) is 0 Å². The summed E-state index contributed by atoms with van der Waals surface area (Å²) in [5, 5.41) is 3.41. The second-order valence-corrected chi connectivity index (χ2v) is 5.05. The summed E-state index contributed by atoms with van der Waals surface area (Å²) in [5.41, 5.74) is 2.51. The topological polar surface area (TPSA) is 30.5 Å². The maximum Gasteiger partial charge on any atom is 0.163 e. The third kappa shape index (κ3) is 2.96. The van der Waals surface area contributed by atoms with E-state index >= 15 is 0 Å². The van der Waals surface area contributed by atoms with Gasteiger partial charge in [-0.25, -0.2) is 0 Å². The van der Waals surface area contributed by atoms with Crippen molar-refractivity contribution in [1.82, 2.24) is 5.32 Å². The molecule has 0 spiro atoms. The molecule has 0 amide bonds. The van der Waals surface area contributed by atoms with Crippen molar-refractivity contribution in [2.75, 3.05) is 27.3 Å². The first-order chi connectivity index (χ1) is 8.74. The standard InChI is InChI=1S/C15H23NO2/c1-11-8-13(9-12-4-6-16-7-5-12)10-14(17-2)15(11)18-3/h8,10,12,16H,4-7,9H2,1-3H3. The molecule has 0 atom stereocenters. The summed E-state index contributed by atoms with van der Waals surface area (Å²) in [6, 6.07) is 4.34. The number of nitrogens with one attached hydrogen (secondary N) is 1. The maximum absolute atomic E-state index is 5.41. The zero-order chi connectivity index (χ0) is 13.0. The molecule has 0 saturated carbocycles. The highest BCUT2D eigenvalue weighted by Crippen LogP contribution is 2.33. The zero-order valence-electron chi connectivity index (χ0n) is 11.6. The van der Waals surface area contributed by atoms with E-state index in [1.54, 1.807) is 14.2 Å². The fourth-order valence-corrected chi connectivity index (χ4v) is 2.76. The predicted octanol–water partition coefficient (Wildman–Crippen LogP) is 2.55. The minimum Gasteiger partial charge on any atom is -0.493 e. The highest BCUT2D eigenvalue weighted by molar-refractivity contribution is 5.49. The highest BCUT2D eigenvalue weighted by Gasteiger charge is 2.16. The van der Waals surface area contributed by atoms with Crippen molar-refractivity contribution in [2.24, 2.45) is 5.92 Å². The van der Waals surface area contributed by atoms with Crippen molar-refractivity contribution in [3.05, 3.63) is 23.3 Å². The van der Waals surface area contributed by atoms with E-state index in [2.05, 4.69) is 24.4 Å². The first-order valence-corrected chi connectivity index (χ1v) is 6.66. The van der Waals surface area contributed by atoms with Crippen molar-refractivity contribution in [2.45, 2.75) is 26.2 Å². The molecule has 18 heavy (non-hydrogen) atoms. The van der Waals surface area contributed by atoms with E-state index in [9.17, 15) is 0 Å². The number of rotatable bonds is 4. The molecule has 1 saturated heterocycles. The minimum absolute atomic E-state index is 0.795. The first kappa shape index (κ1) is 13.2. The predicted molar refractivity (Wildman–Crippen MR) is 73.6 cm³/mol. The Labute approximate surface area is 109 Å². The Bertz CT molecular complexity index is 398. The molecule has 0 aromatic heterocycles. The average molecular weight is 249 g/mol. The largest absolute Gasteiger partial charge is 0.493 e. The van der Waals surface area contributed by atoms with Crippen LogP contribution < -0.4 is 14.8 Å². The molecular weight excluding hydrogens is 226 g/mol. The molecule has 1 aromatic rings. The lowest BCUT2D eigenvalue weighted by molar-refractivity contribution is 0.349. The van der Waals surface area contributed by atoms with Crippen molar-refractivity contribution < 1.29 is 9.47 Å². The Kier molecular flexibility index (Phi) is 4.48. The van der Waals surface area contributed by atoms with E-state index in [1.807, 2.05) is 0 Å². The SMILES string of the molecule is COc1cc(CC2CCNCC2)cc(C)c1OC. The van der Waals surface area contributed by atoms with Gasteiger partial charge < -0.3 is 14.8 Å². The average Bonchev–Trinajstić information content (AvgIpc) is 2.39. The van der Waals surface area contributed by atoms with Crippen LogP contribution in [-0.2, 0) is 6.42 Å². The molecule has 3 heteroatoms. The van der Waals surface area contributed by atoms with E-state index in [1.165, 1.54) is 18.4 Å². The van der Waals surface area contributed by atoms with Crippen LogP contribution in [0.1, 0.15) is 24.0 Å². The van der Waals surface area contributed by atoms with Crippen LogP contribution in [0.2, 0.25) is 0 Å². The van der Waals surface area contributed by atoms with E-state index in [0.717, 1.165) is 42.5 Å². The molecule has 1 aliphatic heterocycles. The van der Waals surface area contributed by atoms with Gasteiger partial charge in [-0.05, 0) is 62.4 Å². The van der Waals surface area contributed by atoms with Gasteiger partial charge in [0, 0.05) is 0 Å². The second-order valence-electron chi connectivity index (χ2n) is 5.05. The van der Waals surface area contributed by atoms with Crippen LogP contribution >= 0.6 is 0 Å². The third-order valence-electron chi connectivity index (χ3n) is 3.71. The molecule has 1 heterocycles. The van der Waals surface area contributed by atoms with Gasteiger partial charge in [0.2, 0.25) is 0 Å². The van der Waals surface area contributed by atoms with Crippen molar-refractivity contribution in [3.63, 3.8) is 0 Å². The number of piperidine rings is 1. The fraction of sp³-hybridized carbons (Fsp3) is 0.600. The molecular formula is C15H23NO2. The fourth-order valence-electron chi connectivity index (χ4n) is 2.76. The van der Waals surface area contributed by atoms with Gasteiger partial charge in [0.25, 0.3) is 0 Å². The van der Waals surface area contributed by atoms with Crippen molar-refractivity contribution >= 4 is 0 Å². The number of hydrogen-bond donors (Lipinski definition) is 1. The summed E-state index contributed by atoms with van der Waals surface area (Å²) < 4.78 is 10.8. The van der Waals surface area contributed by atoms with Gasteiger partial charge in [0.15, 0.2) is 11.5 Å². The molecule has 0 bridgehead atoms. The van der Waals surface area contributed by atoms with Crippen LogP contribution in [0.4, 0.5) is 0 Å². The normalized spacial score (nSPS) is 16.6. The number of hydrogen-bond acceptors (Lipinski definition) is 3. The van der Waals surface area contributed by atoms with Crippen LogP contribution in [0, 0.1) is 12.8 Å². The van der Waals surface area contributed by atoms with Crippen molar-refractivity contribution in [3.8, 4) is 11.5 Å². The molecule has 1 aromatic carbocycles. The number of methoxy groups -OCH3 is 2. The molecule has 0 radical (unpaired) electrons. The Morgan fingerprint density at radius 1 is 1.17 bits per heavy atom. The van der Waals surface area contributed by atoms with Gasteiger partial charge >= 0.3 is 0 Å². The Hall–Kier alpha value is -1.22. The van der Waals surface area contributed by atoms with Gasteiger partial charge in [-0.2, -0.15) is 0 Å². The molecule has 0 unspecified atom stereocenters. The van der Waals surface area contributed by atoms with E-state index < -0.39 is 0 Å². The Balaban J connectivity index is 2.15. The van der Waals surface area contributed by atoms with Gasteiger partial charge in [-0.15, -0.1) is 0 Å². The summed E-state index contributed by atoms with van der Waals surface area (Å²) >= 11 is 0. The van der Waals surface area contributed by atoms with Crippen LogP contribution in [0.3, 0.4) is 0 Å². The Morgan fingerprint density at radius 3 is 2.50 bits per heavy atom. The lowest BCUT2D eigenvalue weighted by Gasteiger charge is -2.23. The summed E-state index contributed by atoms with van der Waals surface area (Å²) in [7, 11) is 3.39. The van der Waals surface area contributed by atoms with Gasteiger partial charge in [0.1, 0.15) is 0 Å². The summed E-state index contributed by atoms with van der Waals surface area (Å²) in [6.07, 6.45) is 3.68. The summed E-state index contributed by atoms with van der Waals surface area (Å²) in [6.45, 7) is 4.38. The van der Waals surface area contributed by atoms with E-state index in [0.29, 0.717) is 0 Å². The molecule has 3 nitrogen and oxygen atoms in total. The van der Waals surface area contributed by atoms with Gasteiger partial charge in [-0.3, -0.25) is 0 Å². The molecule has 0 aliphatic carbocycles. The second kappa shape index (κ2) is 6.10. The molecule has 100 valence electrons. The van der Waals surface area contributed by atoms with Crippen LogP contribution in [-0.4, -0.2) is 27.3 Å². The number of aryl methyl sites for hydroxylation is 1. The van der Waals surface area contributed by atoms with Crippen LogP contribution in [0.15, 0.2) is 12.1 Å². The monoisotopic (exact) mass is 249 g/mol. The van der Waals surface area contributed by atoms with Crippen LogP contribution in [0.25, 0.3) is 0 Å². The first-order valence-electron chi connectivity index (χ1n) is 6.66. The van der Waals surface area contributed by atoms with Gasteiger partial charge in [0.05, 0.1) is 14.2 Å². The molecule has 1 fully saturated rings. The summed E-state index contributed by atoms with van der Waals surface area (Å²) in [4.78, 5) is 0. The Morgan fingerprint density at radius 2 is 1.89 bits per heavy atom. The van der Waals surface area contributed by atoms with Gasteiger partial charge in [-0.1, -0.05) is 6.07 Å². The minimum atomic E-state index is 0.795. The molecule has 1 N–H and O–H groups in total. The quantitative estimate of drug-likeness (QED) is 0.889. The third-order valence-corrected chi connectivity index (χ3v) is 3.71. The lowest BCUT2D eigenvalue weighted by Crippen LogP contribution is -2.28. The van der Waals surface area contributed by atoms with Crippen LogP contribution in [0.5, 0.6) is 11.5 Å². The summed E-state index contributed by atoms with van der Waals surface area (Å²) in [5.74, 6) is 2.50.